The maximum absolute atomic E-state index is 12.6. The van der Waals surface area contributed by atoms with Gasteiger partial charge in [-0.25, -0.2) is 9.78 Å². The Morgan fingerprint density at radius 3 is 2.13 bits per heavy atom. The number of carbonyl (C=O) groups excluding carboxylic acids is 3. The molecule has 4 unspecified atom stereocenters. The third kappa shape index (κ3) is 7.88. The van der Waals surface area contributed by atoms with Crippen LogP contribution in [-0.2, 0) is 25.6 Å². The van der Waals surface area contributed by atoms with Crippen LogP contribution in [0.25, 0.3) is 0 Å². The molecule has 11 nitrogen and oxygen atoms in total. The second-order valence-electron chi connectivity index (χ2n) is 6.94. The third-order valence-corrected chi connectivity index (χ3v) is 4.92. The summed E-state index contributed by atoms with van der Waals surface area (Å²) in [5.41, 5.74) is 6.53. The Balaban J connectivity index is 2.74. The van der Waals surface area contributed by atoms with Crippen molar-refractivity contribution in [1.29, 1.82) is 0 Å². The number of imidazole rings is 1. The summed E-state index contributed by atoms with van der Waals surface area (Å²) in [6.07, 6.45) is 3.20. The van der Waals surface area contributed by atoms with Crippen LogP contribution in [-0.4, -0.2) is 74.4 Å². The van der Waals surface area contributed by atoms with Gasteiger partial charge < -0.3 is 31.8 Å². The van der Waals surface area contributed by atoms with E-state index in [1.54, 1.807) is 13.8 Å². The Morgan fingerprint density at radius 2 is 1.67 bits per heavy atom. The van der Waals surface area contributed by atoms with E-state index in [1.807, 2.05) is 0 Å². The van der Waals surface area contributed by atoms with Crippen molar-refractivity contribution in [1.82, 2.24) is 25.9 Å². The topological polar surface area (TPSA) is 179 Å². The second-order valence-corrected chi connectivity index (χ2v) is 7.67. The number of hydrogen-bond donors (Lipinski definition) is 8. The van der Waals surface area contributed by atoms with E-state index in [1.165, 1.54) is 12.5 Å². The zero-order valence-corrected chi connectivity index (χ0v) is 18.5. The molecule has 3 amide bonds. The summed E-state index contributed by atoms with van der Waals surface area (Å²) in [5.74, 6) is -3.59. The molecule has 0 bridgehead atoms. The van der Waals surface area contributed by atoms with Gasteiger partial charge in [-0.3, -0.25) is 14.4 Å². The van der Waals surface area contributed by atoms with Gasteiger partial charge in [0.15, 0.2) is 0 Å². The lowest BCUT2D eigenvalue weighted by Crippen LogP contribution is -2.59. The van der Waals surface area contributed by atoms with E-state index in [-0.39, 0.29) is 23.8 Å². The predicted octanol–water partition coefficient (Wildman–Crippen LogP) is -1.67. The van der Waals surface area contributed by atoms with Gasteiger partial charge in [0.2, 0.25) is 17.7 Å². The van der Waals surface area contributed by atoms with Gasteiger partial charge in [-0.1, -0.05) is 13.8 Å². The summed E-state index contributed by atoms with van der Waals surface area (Å²) in [6.45, 7) is 3.38. The summed E-state index contributed by atoms with van der Waals surface area (Å²) >= 11 is 7.99. The lowest BCUT2D eigenvalue weighted by molar-refractivity contribution is -0.141. The highest BCUT2D eigenvalue weighted by molar-refractivity contribution is 7.80. The number of nitrogens with one attached hydrogen (secondary N) is 4. The van der Waals surface area contributed by atoms with Crippen molar-refractivity contribution < 1.29 is 24.3 Å². The largest absolute Gasteiger partial charge is 0.480 e. The zero-order chi connectivity index (χ0) is 22.8. The third-order valence-electron chi connectivity index (χ3n) is 4.19. The van der Waals surface area contributed by atoms with Gasteiger partial charge in [0, 0.05) is 29.8 Å². The summed E-state index contributed by atoms with van der Waals surface area (Å²) in [5, 5.41) is 16.4. The zero-order valence-electron chi connectivity index (χ0n) is 16.7. The molecule has 0 radical (unpaired) electrons. The standard InChI is InChI=1S/C17H28N6O5S2/c1-8(2)13(16(26)22-12(6-30)17(27)28)23-15(25)11(5-29)21-14(24)10(18)3-9-4-19-7-20-9/h4,7-8,10-13,29-30H,3,5-6,18H2,1-2H3,(H,19,20)(H,21,24)(H,22,26)(H,23,25)(H,27,28). The second kappa shape index (κ2) is 12.4. The van der Waals surface area contributed by atoms with Crippen LogP contribution < -0.4 is 21.7 Å². The Bertz CT molecular complexity index is 730. The van der Waals surface area contributed by atoms with Gasteiger partial charge in [0.05, 0.1) is 12.4 Å². The summed E-state index contributed by atoms with van der Waals surface area (Å²) in [7, 11) is 0. The Kier molecular flexibility index (Phi) is 10.7. The lowest BCUT2D eigenvalue weighted by atomic mass is 10.0. The fourth-order valence-electron chi connectivity index (χ4n) is 2.43. The number of aromatic amines is 1. The highest BCUT2D eigenvalue weighted by Gasteiger charge is 2.31. The monoisotopic (exact) mass is 460 g/mol. The molecule has 0 spiro atoms. The minimum Gasteiger partial charge on any atom is -0.480 e. The Morgan fingerprint density at radius 1 is 1.07 bits per heavy atom. The van der Waals surface area contributed by atoms with Crippen molar-refractivity contribution in [3.05, 3.63) is 18.2 Å². The number of aliphatic carboxylic acids is 1. The van der Waals surface area contributed by atoms with E-state index in [0.717, 1.165) is 0 Å². The molecule has 1 aromatic rings. The fourth-order valence-corrected chi connectivity index (χ4v) is 2.94. The number of carbonyl (C=O) groups is 4. The molecule has 1 heterocycles. The predicted molar refractivity (Wildman–Crippen MR) is 116 cm³/mol. The summed E-state index contributed by atoms with van der Waals surface area (Å²) < 4.78 is 0. The summed E-state index contributed by atoms with van der Waals surface area (Å²) in [6, 6.07) is -4.17. The number of hydrogen-bond acceptors (Lipinski definition) is 8. The van der Waals surface area contributed by atoms with Crippen molar-refractivity contribution in [2.45, 2.75) is 44.4 Å². The molecule has 0 aliphatic carbocycles. The molecule has 168 valence electrons. The molecule has 0 aliphatic rings. The number of H-pyrrole nitrogens is 1. The number of amides is 3. The highest BCUT2D eigenvalue weighted by Crippen LogP contribution is 2.05. The van der Waals surface area contributed by atoms with Crippen LogP contribution in [0.5, 0.6) is 0 Å². The normalized spacial score (nSPS) is 15.0. The van der Waals surface area contributed by atoms with Crippen LogP contribution in [0.15, 0.2) is 12.5 Å². The first kappa shape index (κ1) is 25.8. The molecular weight excluding hydrogens is 432 g/mol. The quantitative estimate of drug-likeness (QED) is 0.172. The van der Waals surface area contributed by atoms with E-state index in [2.05, 4.69) is 51.2 Å². The number of nitrogens with two attached hydrogens (primary N) is 1. The van der Waals surface area contributed by atoms with Gasteiger partial charge in [0.25, 0.3) is 0 Å². The van der Waals surface area contributed by atoms with E-state index in [4.69, 9.17) is 10.8 Å². The van der Waals surface area contributed by atoms with Crippen molar-refractivity contribution in [3.63, 3.8) is 0 Å². The first-order valence-electron chi connectivity index (χ1n) is 9.19. The number of thiol groups is 2. The van der Waals surface area contributed by atoms with E-state index < -0.39 is 47.9 Å². The first-order chi connectivity index (χ1) is 14.1. The van der Waals surface area contributed by atoms with Crippen LogP contribution >= 0.6 is 25.3 Å². The number of rotatable bonds is 12. The van der Waals surface area contributed by atoms with Gasteiger partial charge in [-0.15, -0.1) is 0 Å². The van der Waals surface area contributed by atoms with E-state index in [9.17, 15) is 19.2 Å². The molecule has 30 heavy (non-hydrogen) atoms. The van der Waals surface area contributed by atoms with Crippen molar-refractivity contribution in [2.75, 3.05) is 11.5 Å². The fraction of sp³-hybridized carbons (Fsp3) is 0.588. The lowest BCUT2D eigenvalue weighted by Gasteiger charge is -2.26. The van der Waals surface area contributed by atoms with Gasteiger partial charge in [-0.05, 0) is 5.92 Å². The Hall–Kier alpha value is -2.25. The molecule has 0 aromatic carbocycles. The number of nitrogens with zero attached hydrogens (tertiary/aromatic N) is 1. The molecule has 4 atom stereocenters. The number of carboxylic acid groups (broad SMARTS) is 1. The van der Waals surface area contributed by atoms with Crippen molar-refractivity contribution in [3.8, 4) is 0 Å². The average molecular weight is 461 g/mol. The van der Waals surface area contributed by atoms with E-state index >= 15 is 0 Å². The molecule has 13 heteroatoms. The smallest absolute Gasteiger partial charge is 0.327 e. The highest BCUT2D eigenvalue weighted by atomic mass is 32.1. The molecule has 0 saturated carbocycles. The van der Waals surface area contributed by atoms with Crippen LogP contribution in [0.1, 0.15) is 19.5 Å². The molecule has 1 rings (SSSR count). The maximum Gasteiger partial charge on any atom is 0.327 e. The molecule has 0 aliphatic heterocycles. The minimum absolute atomic E-state index is 0.0326. The van der Waals surface area contributed by atoms with Gasteiger partial charge in [-0.2, -0.15) is 25.3 Å². The molecule has 1 aromatic heterocycles. The van der Waals surface area contributed by atoms with E-state index in [0.29, 0.717) is 5.69 Å². The van der Waals surface area contributed by atoms with Crippen molar-refractivity contribution >= 4 is 48.9 Å². The van der Waals surface area contributed by atoms with Gasteiger partial charge in [0.1, 0.15) is 18.1 Å². The SMILES string of the molecule is CC(C)C(NC(=O)C(CS)NC(=O)C(N)Cc1cnc[nH]1)C(=O)NC(CS)C(=O)O. The van der Waals surface area contributed by atoms with Crippen LogP contribution in [0.3, 0.4) is 0 Å². The van der Waals surface area contributed by atoms with Crippen molar-refractivity contribution in [2.24, 2.45) is 11.7 Å². The minimum atomic E-state index is -1.24. The molecule has 7 N–H and O–H groups in total. The molecule has 0 saturated heterocycles. The summed E-state index contributed by atoms with van der Waals surface area (Å²) in [4.78, 5) is 55.2. The van der Waals surface area contributed by atoms with Crippen LogP contribution in [0, 0.1) is 5.92 Å². The van der Waals surface area contributed by atoms with Gasteiger partial charge >= 0.3 is 5.97 Å². The first-order valence-corrected chi connectivity index (χ1v) is 10.5. The maximum atomic E-state index is 12.6. The van der Waals surface area contributed by atoms with Crippen LogP contribution in [0.2, 0.25) is 0 Å². The Labute approximate surface area is 185 Å². The molecule has 0 fully saturated rings. The average Bonchev–Trinajstić information content (AvgIpc) is 3.19. The number of carboxylic acids is 1. The molecular formula is C17H28N6O5S2. The van der Waals surface area contributed by atoms with Crippen LogP contribution in [0.4, 0.5) is 0 Å². The number of aromatic nitrogens is 2.